The quantitative estimate of drug-likeness (QED) is 0.879. The average molecular weight is 280 g/mol. The van der Waals surface area contributed by atoms with E-state index in [1.165, 1.54) is 17.4 Å². The third-order valence-corrected chi connectivity index (χ3v) is 3.55. The van der Waals surface area contributed by atoms with Gasteiger partial charge in [0.15, 0.2) is 0 Å². The highest BCUT2D eigenvalue weighted by atomic mass is 32.1. The van der Waals surface area contributed by atoms with Crippen LogP contribution in [0, 0.1) is 5.82 Å². The van der Waals surface area contributed by atoms with Gasteiger partial charge in [-0.3, -0.25) is 0 Å². The summed E-state index contributed by atoms with van der Waals surface area (Å²) in [7, 11) is 0. The summed E-state index contributed by atoms with van der Waals surface area (Å²) in [5, 5.41) is 5.96. The van der Waals surface area contributed by atoms with Gasteiger partial charge in [0.2, 0.25) is 0 Å². The number of ether oxygens (including phenoxy) is 1. The lowest BCUT2D eigenvalue weighted by atomic mass is 10.1. The number of rotatable bonds is 6. The van der Waals surface area contributed by atoms with Crippen molar-refractivity contribution in [1.29, 1.82) is 0 Å². The van der Waals surface area contributed by atoms with Gasteiger partial charge in [0.25, 0.3) is 0 Å². The molecule has 0 aliphatic rings. The van der Waals surface area contributed by atoms with Crippen LogP contribution < -0.4 is 10.1 Å². The molecule has 0 aliphatic carbocycles. The van der Waals surface area contributed by atoms with Crippen LogP contribution in [-0.4, -0.2) is 11.5 Å². The van der Waals surface area contributed by atoms with Gasteiger partial charge in [0, 0.05) is 29.2 Å². The van der Waals surface area contributed by atoms with Crippen molar-refractivity contribution in [2.75, 3.05) is 6.54 Å². The molecule has 1 aromatic heterocycles. The van der Waals surface area contributed by atoms with Crippen LogP contribution in [0.2, 0.25) is 0 Å². The molecule has 0 saturated carbocycles. The van der Waals surface area contributed by atoms with Crippen LogP contribution in [0.4, 0.5) is 4.39 Å². The van der Waals surface area contributed by atoms with E-state index in [1.807, 2.05) is 19.2 Å². The summed E-state index contributed by atoms with van der Waals surface area (Å²) in [6.45, 7) is 5.13. The molecule has 1 aromatic carbocycles. The van der Waals surface area contributed by atoms with Gasteiger partial charge in [-0.15, -0.1) is 11.3 Å². The Morgan fingerprint density at radius 3 is 2.95 bits per heavy atom. The van der Waals surface area contributed by atoms with Crippen molar-refractivity contribution >= 4 is 11.3 Å². The van der Waals surface area contributed by atoms with Crippen molar-refractivity contribution < 1.29 is 9.13 Å². The second-order valence-electron chi connectivity index (χ2n) is 4.18. The molecule has 0 saturated heterocycles. The van der Waals surface area contributed by atoms with Gasteiger partial charge in [0.1, 0.15) is 23.2 Å². The Balaban J connectivity index is 2.02. The van der Waals surface area contributed by atoms with Crippen molar-refractivity contribution in [3.8, 4) is 5.75 Å². The zero-order chi connectivity index (χ0) is 13.7. The van der Waals surface area contributed by atoms with E-state index in [1.54, 1.807) is 18.3 Å². The van der Waals surface area contributed by atoms with Crippen LogP contribution in [0.5, 0.6) is 5.75 Å². The Morgan fingerprint density at radius 1 is 1.47 bits per heavy atom. The minimum atomic E-state index is -0.245. The van der Waals surface area contributed by atoms with Crippen LogP contribution in [-0.2, 0) is 6.61 Å². The summed E-state index contributed by atoms with van der Waals surface area (Å²) in [5.41, 5.74) is 0.656. The maximum absolute atomic E-state index is 14.0. The Morgan fingerprint density at radius 2 is 2.32 bits per heavy atom. The Kier molecular flexibility index (Phi) is 4.87. The second kappa shape index (κ2) is 6.63. The first kappa shape index (κ1) is 14.0. The Hall–Kier alpha value is -1.46. The number of aromatic nitrogens is 1. The van der Waals surface area contributed by atoms with Crippen molar-refractivity contribution in [1.82, 2.24) is 10.3 Å². The number of halogens is 1. The topological polar surface area (TPSA) is 34.1 Å². The van der Waals surface area contributed by atoms with Gasteiger partial charge in [0.05, 0.1) is 0 Å². The first-order valence-electron chi connectivity index (χ1n) is 6.24. The standard InChI is InChI=1S/C14H17FN2OS/c1-3-16-10(2)12-5-4-11(8-13(12)15)18-9-14-17-6-7-19-14/h4-8,10,16H,3,9H2,1-2H3. The summed E-state index contributed by atoms with van der Waals surface area (Å²) in [6.07, 6.45) is 1.73. The molecule has 3 nitrogen and oxygen atoms in total. The summed E-state index contributed by atoms with van der Waals surface area (Å²) in [6, 6.07) is 4.98. The number of hydrogen-bond acceptors (Lipinski definition) is 4. The number of hydrogen-bond donors (Lipinski definition) is 1. The molecule has 0 radical (unpaired) electrons. The Labute approximate surface area is 116 Å². The Bertz CT molecular complexity index is 516. The van der Waals surface area contributed by atoms with Crippen molar-refractivity contribution in [2.24, 2.45) is 0 Å². The molecular formula is C14H17FN2OS. The molecule has 1 heterocycles. The third-order valence-electron chi connectivity index (χ3n) is 2.79. The van der Waals surface area contributed by atoms with E-state index in [2.05, 4.69) is 10.3 Å². The lowest BCUT2D eigenvalue weighted by molar-refractivity contribution is 0.303. The number of thiazole rings is 1. The highest BCUT2D eigenvalue weighted by Crippen LogP contribution is 2.22. The van der Waals surface area contributed by atoms with E-state index in [4.69, 9.17) is 4.74 Å². The highest BCUT2D eigenvalue weighted by molar-refractivity contribution is 7.09. The fourth-order valence-corrected chi connectivity index (χ4v) is 2.36. The van der Waals surface area contributed by atoms with Gasteiger partial charge in [-0.1, -0.05) is 13.0 Å². The van der Waals surface area contributed by atoms with E-state index >= 15 is 0 Å². The van der Waals surface area contributed by atoms with Gasteiger partial charge in [-0.05, 0) is 19.5 Å². The molecule has 1 atom stereocenters. The molecule has 1 N–H and O–H groups in total. The van der Waals surface area contributed by atoms with E-state index in [-0.39, 0.29) is 11.9 Å². The maximum atomic E-state index is 14.0. The summed E-state index contributed by atoms with van der Waals surface area (Å²) in [4.78, 5) is 4.11. The predicted molar refractivity (Wildman–Crippen MR) is 74.9 cm³/mol. The van der Waals surface area contributed by atoms with Gasteiger partial charge in [-0.25, -0.2) is 9.37 Å². The molecule has 2 rings (SSSR count). The first-order chi connectivity index (χ1) is 9.20. The molecule has 0 bridgehead atoms. The van der Waals surface area contributed by atoms with Gasteiger partial charge < -0.3 is 10.1 Å². The largest absolute Gasteiger partial charge is 0.486 e. The van der Waals surface area contributed by atoms with E-state index in [0.717, 1.165) is 11.6 Å². The monoisotopic (exact) mass is 280 g/mol. The van der Waals surface area contributed by atoms with Crippen LogP contribution >= 0.6 is 11.3 Å². The lowest BCUT2D eigenvalue weighted by Crippen LogP contribution is -2.18. The molecule has 0 amide bonds. The van der Waals surface area contributed by atoms with Crippen molar-refractivity contribution in [3.05, 3.63) is 46.2 Å². The summed E-state index contributed by atoms with van der Waals surface area (Å²) >= 11 is 1.52. The molecule has 0 aliphatic heterocycles. The highest BCUT2D eigenvalue weighted by Gasteiger charge is 2.11. The molecule has 102 valence electrons. The molecule has 0 fully saturated rings. The van der Waals surface area contributed by atoms with Crippen LogP contribution in [0.15, 0.2) is 29.8 Å². The first-order valence-corrected chi connectivity index (χ1v) is 7.12. The zero-order valence-corrected chi connectivity index (χ0v) is 11.8. The maximum Gasteiger partial charge on any atom is 0.140 e. The molecule has 1 unspecified atom stereocenters. The molecule has 0 spiro atoms. The van der Waals surface area contributed by atoms with Gasteiger partial charge in [-0.2, -0.15) is 0 Å². The fraction of sp³-hybridized carbons (Fsp3) is 0.357. The van der Waals surface area contributed by atoms with Crippen molar-refractivity contribution in [3.63, 3.8) is 0 Å². The van der Waals surface area contributed by atoms with Crippen molar-refractivity contribution in [2.45, 2.75) is 26.5 Å². The number of nitrogens with one attached hydrogen (secondary N) is 1. The molecule has 2 aromatic rings. The summed E-state index contributed by atoms with van der Waals surface area (Å²) in [5.74, 6) is 0.283. The third kappa shape index (κ3) is 3.75. The molecular weight excluding hydrogens is 263 g/mol. The molecule has 5 heteroatoms. The summed E-state index contributed by atoms with van der Waals surface area (Å²) < 4.78 is 19.5. The number of nitrogens with zero attached hydrogens (tertiary/aromatic N) is 1. The van der Waals surface area contributed by atoms with E-state index < -0.39 is 0 Å². The zero-order valence-electron chi connectivity index (χ0n) is 11.0. The fourth-order valence-electron chi connectivity index (χ4n) is 1.83. The SMILES string of the molecule is CCNC(C)c1ccc(OCc2nccs2)cc1F. The predicted octanol–water partition coefficient (Wildman–Crippen LogP) is 3.53. The van der Waals surface area contributed by atoms with Crippen LogP contribution in [0.1, 0.15) is 30.5 Å². The van der Waals surface area contributed by atoms with Crippen LogP contribution in [0.3, 0.4) is 0 Å². The van der Waals surface area contributed by atoms with Gasteiger partial charge >= 0.3 is 0 Å². The van der Waals surface area contributed by atoms with E-state index in [0.29, 0.717) is 17.9 Å². The lowest BCUT2D eigenvalue weighted by Gasteiger charge is -2.14. The minimum Gasteiger partial charge on any atom is -0.486 e. The second-order valence-corrected chi connectivity index (χ2v) is 5.16. The minimum absolute atomic E-state index is 0.00184. The van der Waals surface area contributed by atoms with Crippen LogP contribution in [0.25, 0.3) is 0 Å². The van der Waals surface area contributed by atoms with E-state index in [9.17, 15) is 4.39 Å². The average Bonchev–Trinajstić information content (AvgIpc) is 2.89. The molecule has 19 heavy (non-hydrogen) atoms. The normalized spacial score (nSPS) is 12.4. The number of benzene rings is 1. The smallest absolute Gasteiger partial charge is 0.140 e.